The van der Waals surface area contributed by atoms with Crippen LogP contribution in [0.1, 0.15) is 31.4 Å². The third kappa shape index (κ3) is 5.78. The molecule has 0 saturated heterocycles. The average molecular weight is 432 g/mol. The molecule has 2 atom stereocenters. The number of amides is 1. The fourth-order valence-electron chi connectivity index (χ4n) is 2.96. The quantitative estimate of drug-likeness (QED) is 0.418. The summed E-state index contributed by atoms with van der Waals surface area (Å²) in [7, 11) is -3.70. The van der Waals surface area contributed by atoms with Crippen molar-refractivity contribution < 1.29 is 23.5 Å². The van der Waals surface area contributed by atoms with Crippen LogP contribution in [-0.4, -0.2) is 42.2 Å². The second-order valence-electron chi connectivity index (χ2n) is 7.78. The number of aryl methyl sites for hydroxylation is 1. The number of carbonyl (C=O) groups excluding carboxylic acids is 1. The molecule has 0 spiro atoms. The van der Waals surface area contributed by atoms with Gasteiger partial charge < -0.3 is 5.11 Å². The standard InChI is InChI=1S/C23H29NO5S/c1-17(16-25)4-5-18-6-10-20(11-7-18)21-12-8-19(9-13-21)14-15-23(2,22(26)24-27)30(3,28)29/h4-13,17,25,27H,14-16H2,1-3H3,(H,24,26)/b5-4+. The van der Waals surface area contributed by atoms with Gasteiger partial charge in [-0.3, -0.25) is 10.0 Å². The van der Waals surface area contributed by atoms with Crippen molar-refractivity contribution in [1.82, 2.24) is 5.48 Å². The van der Waals surface area contributed by atoms with Gasteiger partial charge in [-0.25, -0.2) is 13.9 Å². The summed E-state index contributed by atoms with van der Waals surface area (Å²) in [5.74, 6) is -0.811. The van der Waals surface area contributed by atoms with Gasteiger partial charge in [0.25, 0.3) is 5.91 Å². The smallest absolute Gasteiger partial charge is 0.264 e. The van der Waals surface area contributed by atoms with Gasteiger partial charge in [0.1, 0.15) is 4.75 Å². The van der Waals surface area contributed by atoms with Gasteiger partial charge in [-0.05, 0) is 47.9 Å². The molecule has 0 saturated carbocycles. The molecule has 0 aliphatic rings. The molecule has 0 fully saturated rings. The zero-order chi connectivity index (χ0) is 22.4. The minimum atomic E-state index is -3.70. The number of carbonyl (C=O) groups is 1. The van der Waals surface area contributed by atoms with E-state index in [2.05, 4.69) is 0 Å². The maximum Gasteiger partial charge on any atom is 0.264 e. The summed E-state index contributed by atoms with van der Waals surface area (Å²) in [5.41, 5.74) is 5.50. The summed E-state index contributed by atoms with van der Waals surface area (Å²) < 4.78 is 22.4. The zero-order valence-corrected chi connectivity index (χ0v) is 18.3. The first-order valence-corrected chi connectivity index (χ1v) is 11.6. The van der Waals surface area contributed by atoms with Crippen molar-refractivity contribution >= 4 is 21.8 Å². The Bertz CT molecular complexity index is 981. The highest BCUT2D eigenvalue weighted by Crippen LogP contribution is 2.25. The lowest BCUT2D eigenvalue weighted by Gasteiger charge is -2.25. The molecule has 0 bridgehead atoms. The second kappa shape index (κ2) is 10.0. The number of hydrogen-bond donors (Lipinski definition) is 3. The molecule has 0 heterocycles. The van der Waals surface area contributed by atoms with Crippen molar-refractivity contribution in [1.29, 1.82) is 0 Å². The Morgan fingerprint density at radius 1 is 1.10 bits per heavy atom. The van der Waals surface area contributed by atoms with Crippen molar-refractivity contribution in [3.63, 3.8) is 0 Å². The predicted octanol–water partition coefficient (Wildman–Crippen LogP) is 3.24. The Balaban J connectivity index is 2.09. The molecule has 2 aromatic carbocycles. The summed E-state index contributed by atoms with van der Waals surface area (Å²) >= 11 is 0. The lowest BCUT2D eigenvalue weighted by atomic mass is 9.97. The molecule has 2 aromatic rings. The molecule has 30 heavy (non-hydrogen) atoms. The fourth-order valence-corrected chi connectivity index (χ4v) is 3.81. The van der Waals surface area contributed by atoms with E-state index in [1.165, 1.54) is 12.4 Å². The molecular formula is C23H29NO5S. The van der Waals surface area contributed by atoms with E-state index in [0.29, 0.717) is 6.42 Å². The molecule has 6 nitrogen and oxygen atoms in total. The number of hydrogen-bond acceptors (Lipinski definition) is 5. The maximum absolute atomic E-state index is 12.1. The molecule has 3 N–H and O–H groups in total. The molecule has 2 rings (SSSR count). The zero-order valence-electron chi connectivity index (χ0n) is 17.5. The number of hydroxylamine groups is 1. The van der Waals surface area contributed by atoms with Crippen LogP contribution in [0, 0.1) is 5.92 Å². The topological polar surface area (TPSA) is 104 Å². The van der Waals surface area contributed by atoms with E-state index >= 15 is 0 Å². The van der Waals surface area contributed by atoms with Gasteiger partial charge in [0.05, 0.1) is 0 Å². The van der Waals surface area contributed by atoms with Gasteiger partial charge in [-0.2, -0.15) is 0 Å². The van der Waals surface area contributed by atoms with Crippen molar-refractivity contribution in [2.45, 2.75) is 31.4 Å². The van der Waals surface area contributed by atoms with Crippen LogP contribution in [0.5, 0.6) is 0 Å². The van der Waals surface area contributed by atoms with Crippen molar-refractivity contribution in [3.05, 3.63) is 65.7 Å². The predicted molar refractivity (Wildman–Crippen MR) is 119 cm³/mol. The number of sulfone groups is 1. The maximum atomic E-state index is 12.1. The lowest BCUT2D eigenvalue weighted by Crippen LogP contribution is -2.49. The number of aliphatic hydroxyl groups is 1. The van der Waals surface area contributed by atoms with E-state index in [9.17, 15) is 13.2 Å². The summed E-state index contributed by atoms with van der Waals surface area (Å²) in [6.45, 7) is 3.38. The fraction of sp³-hybridized carbons (Fsp3) is 0.348. The van der Waals surface area contributed by atoms with Gasteiger partial charge >= 0.3 is 0 Å². The minimum Gasteiger partial charge on any atom is -0.396 e. The Morgan fingerprint density at radius 2 is 1.63 bits per heavy atom. The van der Waals surface area contributed by atoms with Crippen molar-refractivity contribution in [2.75, 3.05) is 12.9 Å². The minimum absolute atomic E-state index is 0.0604. The molecule has 7 heteroatoms. The van der Waals surface area contributed by atoms with Crippen LogP contribution in [0.4, 0.5) is 0 Å². The molecule has 0 aliphatic carbocycles. The van der Waals surface area contributed by atoms with Crippen LogP contribution in [0.25, 0.3) is 17.2 Å². The van der Waals surface area contributed by atoms with E-state index < -0.39 is 20.5 Å². The number of rotatable bonds is 9. The van der Waals surface area contributed by atoms with Crippen molar-refractivity contribution in [2.24, 2.45) is 5.92 Å². The van der Waals surface area contributed by atoms with Gasteiger partial charge in [0, 0.05) is 12.9 Å². The van der Waals surface area contributed by atoms with Gasteiger partial charge in [-0.1, -0.05) is 67.6 Å². The summed E-state index contributed by atoms with van der Waals surface area (Å²) in [6, 6.07) is 15.8. The third-order valence-electron chi connectivity index (χ3n) is 5.39. The lowest BCUT2D eigenvalue weighted by molar-refractivity contribution is -0.131. The highest BCUT2D eigenvalue weighted by molar-refractivity contribution is 7.92. The Morgan fingerprint density at radius 3 is 2.10 bits per heavy atom. The van der Waals surface area contributed by atoms with Gasteiger partial charge in [-0.15, -0.1) is 0 Å². The van der Waals surface area contributed by atoms with Crippen LogP contribution < -0.4 is 5.48 Å². The Hall–Kier alpha value is -2.48. The molecule has 162 valence electrons. The monoisotopic (exact) mass is 431 g/mol. The number of nitrogens with one attached hydrogen (secondary N) is 1. The van der Waals surface area contributed by atoms with Gasteiger partial charge in [0.2, 0.25) is 0 Å². The van der Waals surface area contributed by atoms with E-state index in [-0.39, 0.29) is 18.9 Å². The van der Waals surface area contributed by atoms with E-state index in [0.717, 1.165) is 28.5 Å². The summed E-state index contributed by atoms with van der Waals surface area (Å²) in [4.78, 5) is 11.9. The number of aliphatic hydroxyl groups excluding tert-OH is 1. The Labute approximate surface area is 178 Å². The molecule has 0 radical (unpaired) electrons. The largest absolute Gasteiger partial charge is 0.396 e. The first kappa shape index (κ1) is 23.8. The highest BCUT2D eigenvalue weighted by atomic mass is 32.2. The van der Waals surface area contributed by atoms with Crippen LogP contribution in [0.2, 0.25) is 0 Å². The molecule has 0 aromatic heterocycles. The van der Waals surface area contributed by atoms with E-state index in [1.807, 2.05) is 67.6 Å². The first-order chi connectivity index (χ1) is 14.1. The second-order valence-corrected chi connectivity index (χ2v) is 10.2. The van der Waals surface area contributed by atoms with Gasteiger partial charge in [0.15, 0.2) is 9.84 Å². The first-order valence-electron chi connectivity index (χ1n) is 9.73. The molecule has 2 unspecified atom stereocenters. The van der Waals surface area contributed by atoms with E-state index in [1.54, 1.807) is 0 Å². The van der Waals surface area contributed by atoms with Crippen molar-refractivity contribution in [3.8, 4) is 11.1 Å². The molecule has 0 aliphatic heterocycles. The third-order valence-corrected chi connectivity index (χ3v) is 7.42. The average Bonchev–Trinajstić information content (AvgIpc) is 2.75. The summed E-state index contributed by atoms with van der Waals surface area (Å²) in [6.07, 6.45) is 5.38. The normalized spacial score (nSPS) is 15.0. The number of benzene rings is 2. The Kier molecular flexibility index (Phi) is 7.95. The molecule has 1 amide bonds. The van der Waals surface area contributed by atoms with Crippen LogP contribution in [0.3, 0.4) is 0 Å². The SMILES string of the molecule is CC(/C=C/c1ccc(-c2ccc(CCC(C)(C(=O)NO)S(C)(=O)=O)cc2)cc1)CO. The summed E-state index contributed by atoms with van der Waals surface area (Å²) in [5, 5.41) is 18.0. The van der Waals surface area contributed by atoms with Crippen LogP contribution in [-0.2, 0) is 21.1 Å². The van der Waals surface area contributed by atoms with E-state index in [4.69, 9.17) is 10.3 Å². The van der Waals surface area contributed by atoms with Crippen LogP contribution in [0.15, 0.2) is 54.6 Å². The highest BCUT2D eigenvalue weighted by Gasteiger charge is 2.43. The van der Waals surface area contributed by atoms with Crippen LogP contribution >= 0.6 is 0 Å². The molecular weight excluding hydrogens is 402 g/mol.